The SMILES string of the molecule is O=C(O)c1ncsc1S(=O)(=O)Nc1cccc(Cl)n1. The molecule has 0 aliphatic heterocycles. The smallest absolute Gasteiger partial charge is 0.356 e. The molecule has 0 spiro atoms. The third-order valence-corrected chi connectivity index (χ3v) is 4.87. The Bertz CT molecular complexity index is 729. The number of aromatic nitrogens is 2. The topological polar surface area (TPSA) is 109 Å². The molecule has 0 fully saturated rings. The van der Waals surface area contributed by atoms with Gasteiger partial charge in [0.05, 0.1) is 5.51 Å². The second-order valence-corrected chi connectivity index (χ2v) is 6.36. The van der Waals surface area contributed by atoms with Crippen LogP contribution in [0.15, 0.2) is 27.9 Å². The summed E-state index contributed by atoms with van der Waals surface area (Å²) in [4.78, 5) is 18.1. The van der Waals surface area contributed by atoms with E-state index in [1.54, 1.807) is 0 Å². The minimum Gasteiger partial charge on any atom is -0.476 e. The molecule has 7 nitrogen and oxygen atoms in total. The molecule has 10 heteroatoms. The lowest BCUT2D eigenvalue weighted by Gasteiger charge is -2.05. The monoisotopic (exact) mass is 319 g/mol. The predicted molar refractivity (Wildman–Crippen MR) is 69.1 cm³/mol. The van der Waals surface area contributed by atoms with Crippen molar-refractivity contribution in [1.29, 1.82) is 0 Å². The fourth-order valence-electron chi connectivity index (χ4n) is 1.22. The average molecular weight is 320 g/mol. The molecule has 0 aromatic carbocycles. The molecule has 0 atom stereocenters. The number of thiazole rings is 1. The van der Waals surface area contributed by atoms with Crippen molar-refractivity contribution in [2.24, 2.45) is 0 Å². The first-order valence-electron chi connectivity index (χ1n) is 4.72. The van der Waals surface area contributed by atoms with E-state index in [1.165, 1.54) is 18.2 Å². The molecule has 0 aliphatic carbocycles. The molecule has 0 radical (unpaired) electrons. The Labute approximate surface area is 117 Å². The van der Waals surface area contributed by atoms with Gasteiger partial charge in [0.15, 0.2) is 9.90 Å². The normalized spacial score (nSPS) is 11.2. The Balaban J connectivity index is 2.38. The highest BCUT2D eigenvalue weighted by atomic mass is 35.5. The number of hydrogen-bond donors (Lipinski definition) is 2. The van der Waals surface area contributed by atoms with Crippen LogP contribution >= 0.6 is 22.9 Å². The second kappa shape index (κ2) is 5.11. The molecule has 0 bridgehead atoms. The van der Waals surface area contributed by atoms with E-state index in [1.807, 2.05) is 0 Å². The van der Waals surface area contributed by atoms with Crippen LogP contribution in [0.1, 0.15) is 10.5 Å². The van der Waals surface area contributed by atoms with E-state index in [0.29, 0.717) is 11.3 Å². The van der Waals surface area contributed by atoms with Crippen molar-refractivity contribution in [2.75, 3.05) is 4.72 Å². The van der Waals surface area contributed by atoms with Crippen LogP contribution in [0, 0.1) is 0 Å². The van der Waals surface area contributed by atoms with E-state index < -0.39 is 21.7 Å². The summed E-state index contributed by atoms with van der Waals surface area (Å²) in [6, 6.07) is 4.39. The summed E-state index contributed by atoms with van der Waals surface area (Å²) in [6.07, 6.45) is 0. The molecule has 100 valence electrons. The van der Waals surface area contributed by atoms with E-state index in [-0.39, 0.29) is 15.2 Å². The van der Waals surface area contributed by atoms with Crippen molar-refractivity contribution in [3.05, 3.63) is 34.6 Å². The maximum absolute atomic E-state index is 12.0. The number of carboxylic acid groups (broad SMARTS) is 1. The highest BCUT2D eigenvalue weighted by Crippen LogP contribution is 2.22. The molecule has 0 saturated heterocycles. The quantitative estimate of drug-likeness (QED) is 0.830. The highest BCUT2D eigenvalue weighted by molar-refractivity contribution is 7.94. The van der Waals surface area contributed by atoms with Crippen LogP contribution in [-0.2, 0) is 10.0 Å². The zero-order valence-electron chi connectivity index (χ0n) is 9.07. The zero-order chi connectivity index (χ0) is 14.0. The van der Waals surface area contributed by atoms with Crippen molar-refractivity contribution >= 4 is 44.7 Å². The van der Waals surface area contributed by atoms with Gasteiger partial charge in [0, 0.05) is 0 Å². The van der Waals surface area contributed by atoms with E-state index >= 15 is 0 Å². The van der Waals surface area contributed by atoms with Crippen LogP contribution in [0.5, 0.6) is 0 Å². The Morgan fingerprint density at radius 1 is 1.42 bits per heavy atom. The Hall–Kier alpha value is -1.71. The van der Waals surface area contributed by atoms with Crippen molar-refractivity contribution in [3.63, 3.8) is 0 Å². The minimum atomic E-state index is -4.06. The number of nitrogens with one attached hydrogen (secondary N) is 1. The number of anilines is 1. The second-order valence-electron chi connectivity index (χ2n) is 3.24. The van der Waals surface area contributed by atoms with E-state index in [9.17, 15) is 13.2 Å². The third-order valence-electron chi connectivity index (χ3n) is 1.94. The fraction of sp³-hybridized carbons (Fsp3) is 0. The van der Waals surface area contributed by atoms with Gasteiger partial charge < -0.3 is 5.11 Å². The van der Waals surface area contributed by atoms with Gasteiger partial charge >= 0.3 is 5.97 Å². The van der Waals surface area contributed by atoms with Crippen LogP contribution in [0.4, 0.5) is 5.82 Å². The minimum absolute atomic E-state index is 0.00256. The molecule has 2 heterocycles. The van der Waals surface area contributed by atoms with Gasteiger partial charge in [0.1, 0.15) is 11.0 Å². The number of halogens is 1. The van der Waals surface area contributed by atoms with Crippen LogP contribution < -0.4 is 4.72 Å². The third kappa shape index (κ3) is 3.00. The van der Waals surface area contributed by atoms with Crippen LogP contribution in [0.2, 0.25) is 5.15 Å². The van der Waals surface area contributed by atoms with Gasteiger partial charge in [0.2, 0.25) is 0 Å². The molecule has 19 heavy (non-hydrogen) atoms. The van der Waals surface area contributed by atoms with Crippen molar-refractivity contribution in [2.45, 2.75) is 4.21 Å². The average Bonchev–Trinajstić information content (AvgIpc) is 2.77. The molecule has 0 unspecified atom stereocenters. The number of carboxylic acids is 1. The number of pyridine rings is 1. The van der Waals surface area contributed by atoms with Crippen LogP contribution in [0.25, 0.3) is 0 Å². The van der Waals surface area contributed by atoms with Crippen LogP contribution in [0.3, 0.4) is 0 Å². The van der Waals surface area contributed by atoms with Crippen LogP contribution in [-0.4, -0.2) is 29.5 Å². The maximum Gasteiger partial charge on any atom is 0.356 e. The molecule has 2 rings (SSSR count). The molecule has 2 aromatic rings. The fourth-order valence-corrected chi connectivity index (χ4v) is 3.52. The molecule has 2 N–H and O–H groups in total. The Morgan fingerprint density at radius 3 is 2.79 bits per heavy atom. The van der Waals surface area contributed by atoms with E-state index in [0.717, 1.165) is 5.51 Å². The lowest BCUT2D eigenvalue weighted by Crippen LogP contribution is -2.16. The molecule has 0 aliphatic rings. The summed E-state index contributed by atoms with van der Waals surface area (Å²) in [6.45, 7) is 0. The lowest BCUT2D eigenvalue weighted by atomic mass is 10.5. The number of nitrogens with zero attached hydrogens (tertiary/aromatic N) is 2. The van der Waals surface area contributed by atoms with E-state index in [2.05, 4.69) is 14.7 Å². The van der Waals surface area contributed by atoms with Gasteiger partial charge in [-0.3, -0.25) is 4.72 Å². The first kappa shape index (κ1) is 13.7. The summed E-state index contributed by atoms with van der Waals surface area (Å²) in [5.74, 6) is -1.42. The van der Waals surface area contributed by atoms with Gasteiger partial charge in [-0.15, -0.1) is 11.3 Å². The van der Waals surface area contributed by atoms with Gasteiger partial charge in [0.25, 0.3) is 10.0 Å². The van der Waals surface area contributed by atoms with Gasteiger partial charge in [-0.25, -0.2) is 23.2 Å². The summed E-state index contributed by atoms with van der Waals surface area (Å²) < 4.78 is 25.8. The Morgan fingerprint density at radius 2 is 2.16 bits per heavy atom. The largest absolute Gasteiger partial charge is 0.476 e. The number of carbonyl (C=O) groups is 1. The molecule has 0 saturated carbocycles. The van der Waals surface area contributed by atoms with Gasteiger partial charge in [-0.1, -0.05) is 17.7 Å². The number of sulfonamides is 1. The number of hydrogen-bond acceptors (Lipinski definition) is 6. The predicted octanol–water partition coefficient (Wildman–Crippen LogP) is 1.69. The Kier molecular flexibility index (Phi) is 3.69. The van der Waals surface area contributed by atoms with Gasteiger partial charge in [-0.2, -0.15) is 0 Å². The van der Waals surface area contributed by atoms with Crippen molar-refractivity contribution in [3.8, 4) is 0 Å². The van der Waals surface area contributed by atoms with Gasteiger partial charge in [-0.05, 0) is 12.1 Å². The molecule has 2 aromatic heterocycles. The summed E-state index contributed by atoms with van der Waals surface area (Å²) in [7, 11) is -4.06. The number of aromatic carboxylic acids is 1. The molecule has 0 amide bonds. The maximum atomic E-state index is 12.0. The zero-order valence-corrected chi connectivity index (χ0v) is 11.5. The summed E-state index contributed by atoms with van der Waals surface area (Å²) in [5, 5.41) is 8.96. The summed E-state index contributed by atoms with van der Waals surface area (Å²) >= 11 is 6.34. The lowest BCUT2D eigenvalue weighted by molar-refractivity contribution is 0.0687. The molecular weight excluding hydrogens is 314 g/mol. The number of rotatable bonds is 4. The molecular formula is C9H6ClN3O4S2. The highest BCUT2D eigenvalue weighted by Gasteiger charge is 2.26. The van der Waals surface area contributed by atoms with Crippen molar-refractivity contribution in [1.82, 2.24) is 9.97 Å². The first-order valence-corrected chi connectivity index (χ1v) is 7.46. The summed E-state index contributed by atoms with van der Waals surface area (Å²) in [5.41, 5.74) is 0.614. The van der Waals surface area contributed by atoms with Crippen molar-refractivity contribution < 1.29 is 18.3 Å². The first-order chi connectivity index (χ1) is 8.90. The standard InChI is InChI=1S/C9H6ClN3O4S2/c10-5-2-1-3-6(12-5)13-19(16,17)9-7(8(14)15)11-4-18-9/h1-4H,(H,12,13)(H,14,15). The van der Waals surface area contributed by atoms with E-state index in [4.69, 9.17) is 16.7 Å².